The summed E-state index contributed by atoms with van der Waals surface area (Å²) < 4.78 is 11.1. The number of ether oxygens (including phenoxy) is 2. The van der Waals surface area contributed by atoms with Crippen molar-refractivity contribution in [1.29, 1.82) is 0 Å². The summed E-state index contributed by atoms with van der Waals surface area (Å²) in [6, 6.07) is 14.8. The number of anilines is 1. The van der Waals surface area contributed by atoms with Gasteiger partial charge in [0.15, 0.2) is 0 Å². The number of amides is 1. The van der Waals surface area contributed by atoms with Gasteiger partial charge in [-0.15, -0.1) is 0 Å². The number of carbonyl (C=O) groups is 2. The minimum absolute atomic E-state index is 0.141. The van der Waals surface area contributed by atoms with Crippen LogP contribution in [-0.4, -0.2) is 25.0 Å². The van der Waals surface area contributed by atoms with Gasteiger partial charge in [0.1, 0.15) is 18.1 Å². The van der Waals surface area contributed by atoms with Crippen LogP contribution >= 0.6 is 0 Å². The Morgan fingerprint density at radius 3 is 2.68 bits per heavy atom. The molecule has 5 nitrogen and oxygen atoms in total. The Morgan fingerprint density at radius 2 is 1.92 bits per heavy atom. The first-order chi connectivity index (χ1) is 12.2. The topological polar surface area (TPSA) is 55.8 Å². The molecular formula is C20H19NO4. The predicted molar refractivity (Wildman–Crippen MR) is 92.8 cm³/mol. The van der Waals surface area contributed by atoms with Gasteiger partial charge in [-0.3, -0.25) is 9.59 Å². The van der Waals surface area contributed by atoms with E-state index in [0.717, 1.165) is 30.0 Å². The Balaban J connectivity index is 1.40. The fourth-order valence-corrected chi connectivity index (χ4v) is 3.29. The highest BCUT2D eigenvalue weighted by Crippen LogP contribution is 2.28. The summed E-state index contributed by atoms with van der Waals surface area (Å²) in [5, 5.41) is 0. The quantitative estimate of drug-likeness (QED) is 0.638. The van der Waals surface area contributed by atoms with Crippen LogP contribution in [0.25, 0.3) is 0 Å². The molecule has 2 aliphatic heterocycles. The number of benzene rings is 2. The van der Waals surface area contributed by atoms with Crippen LogP contribution in [0.5, 0.6) is 11.5 Å². The predicted octanol–water partition coefficient (Wildman–Crippen LogP) is 2.97. The van der Waals surface area contributed by atoms with Gasteiger partial charge in [-0.1, -0.05) is 18.2 Å². The lowest BCUT2D eigenvalue weighted by Crippen LogP contribution is -2.31. The van der Waals surface area contributed by atoms with E-state index in [-0.39, 0.29) is 17.8 Å². The normalized spacial score (nSPS) is 19.3. The van der Waals surface area contributed by atoms with Gasteiger partial charge < -0.3 is 14.4 Å². The molecule has 2 aliphatic rings. The summed E-state index contributed by atoms with van der Waals surface area (Å²) in [7, 11) is 0. The maximum absolute atomic E-state index is 12.4. The third kappa shape index (κ3) is 3.22. The van der Waals surface area contributed by atoms with Gasteiger partial charge in [0.25, 0.3) is 0 Å². The lowest BCUT2D eigenvalue weighted by Gasteiger charge is -2.23. The molecule has 0 spiro atoms. The summed E-state index contributed by atoms with van der Waals surface area (Å²) in [5.74, 6) is 0.863. The minimum Gasteiger partial charge on any atom is -0.492 e. The molecule has 0 bridgehead atoms. The molecule has 4 rings (SSSR count). The molecule has 0 radical (unpaired) electrons. The number of carbonyl (C=O) groups excluding carboxylic acids is 2. The Bertz CT molecular complexity index is 800. The minimum atomic E-state index is -0.310. The first-order valence-electron chi connectivity index (χ1n) is 8.53. The summed E-state index contributed by atoms with van der Waals surface area (Å²) in [4.78, 5) is 25.9. The number of hydrogen-bond donors (Lipinski definition) is 0. The van der Waals surface area contributed by atoms with Crippen molar-refractivity contribution in [1.82, 2.24) is 0 Å². The van der Waals surface area contributed by atoms with Crippen LogP contribution in [0, 0.1) is 5.92 Å². The highest BCUT2D eigenvalue weighted by atomic mass is 16.5. The highest BCUT2D eigenvalue weighted by Gasteiger charge is 2.27. The molecule has 0 saturated carbocycles. The maximum Gasteiger partial charge on any atom is 0.318 e. The largest absolute Gasteiger partial charge is 0.492 e. The van der Waals surface area contributed by atoms with Crippen LogP contribution in [0.2, 0.25) is 0 Å². The van der Waals surface area contributed by atoms with Gasteiger partial charge in [-0.25, -0.2) is 0 Å². The Labute approximate surface area is 146 Å². The van der Waals surface area contributed by atoms with Crippen molar-refractivity contribution in [2.75, 3.05) is 18.1 Å². The van der Waals surface area contributed by atoms with E-state index in [2.05, 4.69) is 0 Å². The molecular weight excluding hydrogens is 318 g/mol. The van der Waals surface area contributed by atoms with Gasteiger partial charge in [-0.05, 0) is 48.7 Å². The van der Waals surface area contributed by atoms with Gasteiger partial charge in [0, 0.05) is 18.7 Å². The smallest absolute Gasteiger partial charge is 0.318 e. The average Bonchev–Trinajstić information content (AvgIpc) is 3.08. The van der Waals surface area contributed by atoms with Gasteiger partial charge in [-0.2, -0.15) is 0 Å². The van der Waals surface area contributed by atoms with Crippen molar-refractivity contribution in [3.8, 4) is 11.5 Å². The molecule has 0 unspecified atom stereocenters. The van der Waals surface area contributed by atoms with E-state index in [1.807, 2.05) is 36.4 Å². The van der Waals surface area contributed by atoms with Crippen molar-refractivity contribution in [3.63, 3.8) is 0 Å². The van der Waals surface area contributed by atoms with E-state index >= 15 is 0 Å². The first kappa shape index (κ1) is 15.7. The van der Waals surface area contributed by atoms with Crippen LogP contribution in [0.4, 0.5) is 5.69 Å². The van der Waals surface area contributed by atoms with E-state index in [4.69, 9.17) is 9.47 Å². The highest BCUT2D eigenvalue weighted by molar-refractivity contribution is 5.95. The lowest BCUT2D eigenvalue weighted by molar-refractivity contribution is -0.140. The maximum atomic E-state index is 12.4. The fourth-order valence-electron chi connectivity index (χ4n) is 3.29. The Kier molecular flexibility index (Phi) is 4.14. The number of rotatable bonds is 3. The molecule has 2 aromatic carbocycles. The number of nitrogens with zero attached hydrogens (tertiary/aromatic N) is 1. The zero-order chi connectivity index (χ0) is 17.2. The first-order valence-corrected chi connectivity index (χ1v) is 8.53. The SMILES string of the molecule is O=C(Oc1ccc(N2CCCC2=O)cc1)[C@H]1COc2ccccc2C1. The number of para-hydroxylation sites is 1. The van der Waals surface area contributed by atoms with E-state index in [0.29, 0.717) is 25.2 Å². The zero-order valence-electron chi connectivity index (χ0n) is 13.8. The van der Waals surface area contributed by atoms with E-state index < -0.39 is 0 Å². The van der Waals surface area contributed by atoms with Crippen LogP contribution in [0.1, 0.15) is 18.4 Å². The molecule has 2 heterocycles. The molecule has 5 heteroatoms. The van der Waals surface area contributed by atoms with Crippen molar-refractivity contribution in [2.45, 2.75) is 19.3 Å². The third-order valence-electron chi connectivity index (χ3n) is 4.65. The van der Waals surface area contributed by atoms with Crippen molar-refractivity contribution in [3.05, 3.63) is 54.1 Å². The van der Waals surface area contributed by atoms with E-state index in [1.54, 1.807) is 17.0 Å². The second kappa shape index (κ2) is 6.59. The van der Waals surface area contributed by atoms with Gasteiger partial charge in [0.05, 0.1) is 5.92 Å². The number of fused-ring (bicyclic) bond motifs is 1. The van der Waals surface area contributed by atoms with Gasteiger partial charge >= 0.3 is 5.97 Å². The Hall–Kier alpha value is -2.82. The molecule has 1 saturated heterocycles. The van der Waals surface area contributed by atoms with Crippen LogP contribution in [0.15, 0.2) is 48.5 Å². The molecule has 128 valence electrons. The van der Waals surface area contributed by atoms with Crippen LogP contribution in [-0.2, 0) is 16.0 Å². The van der Waals surface area contributed by atoms with Gasteiger partial charge in [0.2, 0.25) is 5.91 Å². The van der Waals surface area contributed by atoms with Crippen LogP contribution in [0.3, 0.4) is 0 Å². The average molecular weight is 337 g/mol. The molecule has 0 N–H and O–H groups in total. The summed E-state index contributed by atoms with van der Waals surface area (Å²) in [5.41, 5.74) is 1.87. The van der Waals surface area contributed by atoms with Crippen molar-refractivity contribution in [2.24, 2.45) is 5.92 Å². The summed E-state index contributed by atoms with van der Waals surface area (Å²) in [6.07, 6.45) is 2.11. The van der Waals surface area contributed by atoms with E-state index in [9.17, 15) is 9.59 Å². The molecule has 2 aromatic rings. The van der Waals surface area contributed by atoms with Crippen molar-refractivity contribution < 1.29 is 19.1 Å². The fraction of sp³-hybridized carbons (Fsp3) is 0.300. The van der Waals surface area contributed by atoms with Crippen LogP contribution < -0.4 is 14.4 Å². The second-order valence-corrected chi connectivity index (χ2v) is 6.38. The lowest BCUT2D eigenvalue weighted by atomic mass is 9.97. The summed E-state index contributed by atoms with van der Waals surface area (Å²) >= 11 is 0. The van der Waals surface area contributed by atoms with Crippen molar-refractivity contribution >= 4 is 17.6 Å². The molecule has 1 fully saturated rings. The molecule has 1 atom stereocenters. The monoisotopic (exact) mass is 337 g/mol. The standard InChI is InChI=1S/C20H19NO4/c22-19-6-3-11-21(19)16-7-9-17(10-8-16)25-20(23)15-12-14-4-1-2-5-18(14)24-13-15/h1-2,4-5,7-10,15H,3,6,11-13H2/t15-/m1/s1. The molecule has 0 aliphatic carbocycles. The molecule has 25 heavy (non-hydrogen) atoms. The molecule has 0 aromatic heterocycles. The summed E-state index contributed by atoms with van der Waals surface area (Å²) in [6.45, 7) is 1.08. The number of hydrogen-bond acceptors (Lipinski definition) is 4. The second-order valence-electron chi connectivity index (χ2n) is 6.38. The zero-order valence-corrected chi connectivity index (χ0v) is 13.8. The number of esters is 1. The Morgan fingerprint density at radius 1 is 1.12 bits per heavy atom. The third-order valence-corrected chi connectivity index (χ3v) is 4.65. The molecule has 1 amide bonds. The van der Waals surface area contributed by atoms with E-state index in [1.165, 1.54) is 0 Å².